The zero-order valence-corrected chi connectivity index (χ0v) is 35.9. The molecule has 0 unspecified atom stereocenters. The van der Waals surface area contributed by atoms with Crippen LogP contribution in [-0.4, -0.2) is 74.5 Å². The second-order valence-corrected chi connectivity index (χ2v) is 15.5. The molecule has 0 fully saturated rings. The van der Waals surface area contributed by atoms with Crippen LogP contribution in [0.15, 0.2) is 24.3 Å². The van der Waals surface area contributed by atoms with E-state index in [0.717, 1.165) is 52.1 Å². The van der Waals surface area contributed by atoms with Crippen molar-refractivity contribution in [2.45, 2.75) is 195 Å². The molecular formula is C46H86N4O4. The summed E-state index contributed by atoms with van der Waals surface area (Å²) in [4.78, 5) is 29.8. The molecule has 1 aromatic carbocycles. The molecule has 314 valence electrons. The number of nitrogens with one attached hydrogen (secondary N) is 2. The van der Waals surface area contributed by atoms with Crippen molar-refractivity contribution in [2.24, 2.45) is 0 Å². The number of unbranched alkanes of at least 4 members (excludes halogenated alkanes) is 22. The minimum absolute atomic E-state index is 0.375. The fraction of sp³-hybridized carbons (Fsp3) is 0.826. The number of rotatable bonds is 38. The Kier molecular flexibility index (Phi) is 34.6. The van der Waals surface area contributed by atoms with Gasteiger partial charge in [-0.3, -0.25) is 10.6 Å². The van der Waals surface area contributed by atoms with Crippen LogP contribution in [0.4, 0.5) is 21.0 Å². The van der Waals surface area contributed by atoms with Crippen LogP contribution in [0.2, 0.25) is 0 Å². The Morgan fingerprint density at radius 1 is 0.444 bits per heavy atom. The van der Waals surface area contributed by atoms with Crippen LogP contribution in [0.25, 0.3) is 0 Å². The zero-order valence-electron chi connectivity index (χ0n) is 35.9. The zero-order chi connectivity index (χ0) is 39.2. The first-order valence-electron chi connectivity index (χ1n) is 22.9. The Morgan fingerprint density at radius 3 is 1.06 bits per heavy atom. The minimum atomic E-state index is -0.484. The topological polar surface area (TPSA) is 83.1 Å². The molecule has 0 aliphatic carbocycles. The van der Waals surface area contributed by atoms with Crippen LogP contribution >= 0.6 is 0 Å². The van der Waals surface area contributed by atoms with Gasteiger partial charge in [0, 0.05) is 24.5 Å². The van der Waals surface area contributed by atoms with Gasteiger partial charge in [0.25, 0.3) is 0 Å². The molecule has 0 atom stereocenters. The fourth-order valence-electron chi connectivity index (χ4n) is 7.10. The summed E-state index contributed by atoms with van der Waals surface area (Å²) in [6.45, 7) is 15.8. The summed E-state index contributed by atoms with van der Waals surface area (Å²) in [5.41, 5.74) is 1.13. The van der Waals surface area contributed by atoms with Gasteiger partial charge in [0.2, 0.25) is 0 Å². The molecule has 54 heavy (non-hydrogen) atoms. The Balaban J connectivity index is 2.10. The number of carbonyl (C=O) groups excluding carboxylic acids is 2. The molecule has 1 aromatic rings. The average Bonchev–Trinajstić information content (AvgIpc) is 3.17. The van der Waals surface area contributed by atoms with Crippen LogP contribution in [0.5, 0.6) is 0 Å². The molecule has 0 heterocycles. The van der Waals surface area contributed by atoms with Crippen LogP contribution in [0.1, 0.15) is 195 Å². The molecule has 0 spiro atoms. The fourth-order valence-corrected chi connectivity index (χ4v) is 7.10. The van der Waals surface area contributed by atoms with E-state index in [1.165, 1.54) is 154 Å². The lowest BCUT2D eigenvalue weighted by atomic mass is 10.1. The molecule has 0 radical (unpaired) electrons. The normalized spacial score (nSPS) is 11.4. The Morgan fingerprint density at radius 2 is 0.741 bits per heavy atom. The molecule has 2 amide bonds. The lowest BCUT2D eigenvalue weighted by Crippen LogP contribution is -2.27. The first-order valence-corrected chi connectivity index (χ1v) is 22.9. The lowest BCUT2D eigenvalue weighted by Gasteiger charge is -2.20. The van der Waals surface area contributed by atoms with Gasteiger partial charge in [-0.25, -0.2) is 9.59 Å². The molecule has 0 bridgehead atoms. The third kappa shape index (κ3) is 30.9. The van der Waals surface area contributed by atoms with Crippen molar-refractivity contribution < 1.29 is 19.1 Å². The molecular weight excluding hydrogens is 673 g/mol. The standard InChI is InChI=1S/C46H86N4O4/c1-5-9-11-13-15-17-19-21-23-25-27-29-36-49(7-3)38-32-40-53-45(51)47-43-34-31-35-44(42-43)48-46(52)54-41-33-39-50(8-4)37-30-28-26-24-22-20-18-16-14-12-10-6-2/h31,34-35,42H,5-30,32-33,36-41H2,1-4H3,(H,47,51)(H,48,52). The second-order valence-electron chi connectivity index (χ2n) is 15.5. The minimum Gasteiger partial charge on any atom is -0.449 e. The number of hydrogen-bond acceptors (Lipinski definition) is 6. The maximum Gasteiger partial charge on any atom is 0.411 e. The Bertz CT molecular complexity index is 920. The first-order chi connectivity index (χ1) is 26.5. The van der Waals surface area contributed by atoms with Crippen LogP contribution in [-0.2, 0) is 9.47 Å². The van der Waals surface area contributed by atoms with Crippen molar-refractivity contribution in [3.8, 4) is 0 Å². The van der Waals surface area contributed by atoms with Gasteiger partial charge in [-0.2, -0.15) is 0 Å². The monoisotopic (exact) mass is 759 g/mol. The third-order valence-electron chi connectivity index (χ3n) is 10.6. The highest BCUT2D eigenvalue weighted by molar-refractivity contribution is 5.88. The largest absolute Gasteiger partial charge is 0.449 e. The van der Waals surface area contributed by atoms with Gasteiger partial charge in [-0.1, -0.05) is 175 Å². The van der Waals surface area contributed by atoms with Gasteiger partial charge < -0.3 is 19.3 Å². The highest BCUT2D eigenvalue weighted by Crippen LogP contribution is 2.17. The highest BCUT2D eigenvalue weighted by atomic mass is 16.6. The molecule has 0 saturated heterocycles. The van der Waals surface area contributed by atoms with Gasteiger partial charge in [-0.15, -0.1) is 0 Å². The summed E-state index contributed by atoms with van der Waals surface area (Å²) < 4.78 is 10.9. The van der Waals surface area contributed by atoms with E-state index in [0.29, 0.717) is 24.6 Å². The van der Waals surface area contributed by atoms with Crippen molar-refractivity contribution in [1.29, 1.82) is 0 Å². The molecule has 8 heteroatoms. The van der Waals surface area contributed by atoms with Crippen molar-refractivity contribution >= 4 is 23.6 Å². The summed E-state index contributed by atoms with van der Waals surface area (Å²) in [5.74, 6) is 0. The average molecular weight is 759 g/mol. The predicted molar refractivity (Wildman–Crippen MR) is 232 cm³/mol. The Labute approximate surface area is 333 Å². The summed E-state index contributed by atoms with van der Waals surface area (Å²) in [6, 6.07) is 7.06. The van der Waals surface area contributed by atoms with Gasteiger partial charge in [0.05, 0.1) is 13.2 Å². The number of benzene rings is 1. The molecule has 2 N–H and O–H groups in total. The van der Waals surface area contributed by atoms with E-state index in [4.69, 9.17) is 9.47 Å². The number of hydrogen-bond donors (Lipinski definition) is 2. The maximum atomic E-state index is 12.4. The van der Waals surface area contributed by atoms with E-state index >= 15 is 0 Å². The van der Waals surface area contributed by atoms with Gasteiger partial charge >= 0.3 is 12.2 Å². The quantitative estimate of drug-likeness (QED) is 0.0654. The van der Waals surface area contributed by atoms with Gasteiger partial charge in [0.1, 0.15) is 0 Å². The lowest BCUT2D eigenvalue weighted by molar-refractivity contribution is 0.151. The molecule has 1 rings (SSSR count). The van der Waals surface area contributed by atoms with E-state index in [9.17, 15) is 9.59 Å². The van der Waals surface area contributed by atoms with E-state index in [-0.39, 0.29) is 0 Å². The third-order valence-corrected chi connectivity index (χ3v) is 10.6. The van der Waals surface area contributed by atoms with Crippen molar-refractivity contribution in [1.82, 2.24) is 9.80 Å². The van der Waals surface area contributed by atoms with E-state index in [1.54, 1.807) is 24.3 Å². The number of anilines is 2. The number of ether oxygens (including phenoxy) is 2. The maximum absolute atomic E-state index is 12.4. The van der Waals surface area contributed by atoms with Crippen molar-refractivity contribution in [3.05, 3.63) is 24.3 Å². The SMILES string of the molecule is CCCCCCCCCCCCCCN(CC)CCCOC(=O)Nc1cccc(NC(=O)OCCCN(CC)CCCCCCCCCCCCCC)c1. The molecule has 0 aliphatic rings. The van der Waals surface area contributed by atoms with Gasteiger partial charge in [0.15, 0.2) is 0 Å². The Hall–Kier alpha value is -2.32. The smallest absolute Gasteiger partial charge is 0.411 e. The van der Waals surface area contributed by atoms with Gasteiger partial charge in [-0.05, 0) is 70.1 Å². The van der Waals surface area contributed by atoms with E-state index in [1.807, 2.05) is 0 Å². The van der Waals surface area contributed by atoms with Crippen molar-refractivity contribution in [2.75, 3.05) is 63.1 Å². The molecule has 8 nitrogen and oxygen atoms in total. The van der Waals surface area contributed by atoms with Crippen molar-refractivity contribution in [3.63, 3.8) is 0 Å². The number of nitrogens with zero attached hydrogens (tertiary/aromatic N) is 2. The summed E-state index contributed by atoms with van der Waals surface area (Å²) in [7, 11) is 0. The summed E-state index contributed by atoms with van der Waals surface area (Å²) in [5, 5.41) is 5.56. The summed E-state index contributed by atoms with van der Waals surface area (Å²) >= 11 is 0. The molecule has 0 saturated carbocycles. The van der Waals surface area contributed by atoms with E-state index in [2.05, 4.69) is 48.1 Å². The van der Waals surface area contributed by atoms with Crippen LogP contribution in [0.3, 0.4) is 0 Å². The van der Waals surface area contributed by atoms with E-state index < -0.39 is 12.2 Å². The molecule has 0 aromatic heterocycles. The molecule has 0 aliphatic heterocycles. The van der Waals surface area contributed by atoms with Crippen LogP contribution in [0, 0.1) is 0 Å². The number of amides is 2. The first kappa shape index (κ1) is 49.7. The van der Waals surface area contributed by atoms with Crippen LogP contribution < -0.4 is 10.6 Å². The highest BCUT2D eigenvalue weighted by Gasteiger charge is 2.09. The number of carbonyl (C=O) groups is 2. The second kappa shape index (κ2) is 37.6. The predicted octanol–water partition coefficient (Wildman–Crippen LogP) is 13.6. The summed E-state index contributed by atoms with van der Waals surface area (Å²) in [6.07, 6.45) is 33.4.